The lowest BCUT2D eigenvalue weighted by molar-refractivity contribution is -0.145. The highest BCUT2D eigenvalue weighted by Gasteiger charge is 2.40. The number of hydrogen-bond donors (Lipinski definition) is 0. The molecule has 25 heavy (non-hydrogen) atoms. The summed E-state index contributed by atoms with van der Waals surface area (Å²) in [4.78, 5) is 18.5. The Morgan fingerprint density at radius 1 is 1.28 bits per heavy atom. The lowest BCUT2D eigenvalue weighted by Crippen LogP contribution is -2.61. The van der Waals surface area contributed by atoms with Crippen LogP contribution in [0.5, 0.6) is 0 Å². The number of aromatic nitrogens is 1. The Hall–Kier alpha value is -2.03. The molecule has 2 aliphatic rings. The molecule has 0 saturated carbocycles. The monoisotopic (exact) mass is 361 g/mol. The summed E-state index contributed by atoms with van der Waals surface area (Å²) in [5, 5.41) is 0.800. The normalized spacial score (nSPS) is 22.2. The van der Waals surface area contributed by atoms with Gasteiger partial charge in [-0.3, -0.25) is 9.78 Å². The van der Waals surface area contributed by atoms with Crippen LogP contribution in [0, 0.1) is 6.92 Å². The van der Waals surface area contributed by atoms with Crippen LogP contribution >= 0.6 is 0 Å². The van der Waals surface area contributed by atoms with Crippen molar-refractivity contribution in [3.8, 4) is 0 Å². The highest BCUT2D eigenvalue weighted by molar-refractivity contribution is 7.89. The summed E-state index contributed by atoms with van der Waals surface area (Å²) >= 11 is 0. The molecule has 0 radical (unpaired) electrons. The molecule has 1 unspecified atom stereocenters. The maximum absolute atomic E-state index is 13.2. The van der Waals surface area contributed by atoms with Gasteiger partial charge in [0.25, 0.3) is 0 Å². The molecule has 1 atom stereocenters. The van der Waals surface area contributed by atoms with E-state index in [1.54, 1.807) is 29.3 Å². The van der Waals surface area contributed by atoms with Crippen molar-refractivity contribution in [3.63, 3.8) is 0 Å². The van der Waals surface area contributed by atoms with Crippen molar-refractivity contribution >= 4 is 26.8 Å². The average molecular weight is 361 g/mol. The van der Waals surface area contributed by atoms with Crippen molar-refractivity contribution in [1.29, 1.82) is 0 Å². The molecule has 8 heteroatoms. The zero-order valence-electron chi connectivity index (χ0n) is 13.9. The zero-order chi connectivity index (χ0) is 17.6. The molecular formula is C17H19N3O4S. The maximum Gasteiger partial charge on any atom is 0.245 e. The number of nitrogens with zero attached hydrogens (tertiary/aromatic N) is 3. The van der Waals surface area contributed by atoms with E-state index in [1.807, 2.05) is 13.0 Å². The molecule has 3 heterocycles. The smallest absolute Gasteiger partial charge is 0.245 e. The molecule has 4 rings (SSSR count). The van der Waals surface area contributed by atoms with Crippen LogP contribution in [-0.4, -0.2) is 67.4 Å². The molecule has 0 N–H and O–H groups in total. The van der Waals surface area contributed by atoms with Crippen LogP contribution in [0.1, 0.15) is 5.56 Å². The number of benzene rings is 1. The third-order valence-electron chi connectivity index (χ3n) is 4.84. The van der Waals surface area contributed by atoms with Crippen LogP contribution < -0.4 is 0 Å². The van der Waals surface area contributed by atoms with E-state index in [-0.39, 0.29) is 29.9 Å². The molecule has 132 valence electrons. The quantitative estimate of drug-likeness (QED) is 0.790. The number of amides is 1. The third-order valence-corrected chi connectivity index (χ3v) is 6.69. The van der Waals surface area contributed by atoms with Crippen molar-refractivity contribution in [2.45, 2.75) is 17.9 Å². The number of ether oxygens (including phenoxy) is 1. The molecular weight excluding hydrogens is 342 g/mol. The van der Waals surface area contributed by atoms with Crippen molar-refractivity contribution in [3.05, 3.63) is 36.0 Å². The summed E-state index contributed by atoms with van der Waals surface area (Å²) in [6.07, 6.45) is 1.58. The van der Waals surface area contributed by atoms with Crippen LogP contribution in [0.25, 0.3) is 10.9 Å². The lowest BCUT2D eigenvalue weighted by Gasteiger charge is -2.42. The van der Waals surface area contributed by atoms with Gasteiger partial charge >= 0.3 is 0 Å². The first kappa shape index (κ1) is 16.4. The molecule has 0 spiro atoms. The number of rotatable bonds is 2. The molecule has 2 aliphatic heterocycles. The lowest BCUT2D eigenvalue weighted by atomic mass is 10.1. The van der Waals surface area contributed by atoms with Gasteiger partial charge in [-0.15, -0.1) is 0 Å². The summed E-state index contributed by atoms with van der Waals surface area (Å²) in [6, 6.07) is 6.77. The van der Waals surface area contributed by atoms with Gasteiger partial charge in [-0.1, -0.05) is 12.1 Å². The highest BCUT2D eigenvalue weighted by atomic mass is 32.2. The number of morpholine rings is 1. The van der Waals surface area contributed by atoms with Crippen LogP contribution in [-0.2, 0) is 19.6 Å². The van der Waals surface area contributed by atoms with Gasteiger partial charge in [0.15, 0.2) is 0 Å². The number of piperazine rings is 1. The van der Waals surface area contributed by atoms with Gasteiger partial charge in [0.2, 0.25) is 15.9 Å². The Morgan fingerprint density at radius 2 is 2.12 bits per heavy atom. The molecule has 2 fully saturated rings. The SMILES string of the molecule is Cc1ccc(S(=O)(=O)N2CC(=O)N3CCOCC3C2)c2ncccc12. The third kappa shape index (κ3) is 2.70. The first-order valence-electron chi connectivity index (χ1n) is 8.20. The number of carbonyl (C=O) groups is 1. The fraction of sp³-hybridized carbons (Fsp3) is 0.412. The second kappa shape index (κ2) is 6.05. The predicted octanol–water partition coefficient (Wildman–Crippen LogP) is 0.775. The van der Waals surface area contributed by atoms with Crippen LogP contribution in [0.4, 0.5) is 0 Å². The van der Waals surface area contributed by atoms with E-state index in [0.29, 0.717) is 25.3 Å². The summed E-state index contributed by atoms with van der Waals surface area (Å²) < 4.78 is 33.1. The Balaban J connectivity index is 1.75. The second-order valence-corrected chi connectivity index (χ2v) is 8.30. The van der Waals surface area contributed by atoms with E-state index in [0.717, 1.165) is 10.9 Å². The van der Waals surface area contributed by atoms with Gasteiger partial charge in [-0.05, 0) is 24.6 Å². The first-order valence-corrected chi connectivity index (χ1v) is 9.64. The fourth-order valence-corrected chi connectivity index (χ4v) is 5.07. The minimum absolute atomic E-state index is 0.138. The molecule has 2 saturated heterocycles. The van der Waals surface area contributed by atoms with Gasteiger partial charge in [-0.25, -0.2) is 8.42 Å². The van der Waals surface area contributed by atoms with Crippen molar-refractivity contribution in [2.75, 3.05) is 32.8 Å². The van der Waals surface area contributed by atoms with E-state index >= 15 is 0 Å². The number of sulfonamides is 1. The number of aryl methyl sites for hydroxylation is 1. The minimum Gasteiger partial charge on any atom is -0.377 e. The summed E-state index contributed by atoms with van der Waals surface area (Å²) in [5.74, 6) is -0.174. The van der Waals surface area contributed by atoms with E-state index in [1.165, 1.54) is 4.31 Å². The molecule has 1 amide bonds. The standard InChI is InChI=1S/C17H19N3O4S/c1-12-4-5-15(17-14(12)3-2-6-18-17)25(22,23)19-9-13-11-24-8-7-20(13)16(21)10-19/h2-6,13H,7-11H2,1H3. The zero-order valence-corrected chi connectivity index (χ0v) is 14.7. The first-order chi connectivity index (χ1) is 12.0. The highest BCUT2D eigenvalue weighted by Crippen LogP contribution is 2.28. The number of carbonyl (C=O) groups excluding carboxylic acids is 1. The van der Waals surface area contributed by atoms with Crippen LogP contribution in [0.2, 0.25) is 0 Å². The van der Waals surface area contributed by atoms with E-state index in [9.17, 15) is 13.2 Å². The number of pyridine rings is 1. The van der Waals surface area contributed by atoms with Gasteiger partial charge in [0.05, 0.1) is 31.3 Å². The Morgan fingerprint density at radius 3 is 2.96 bits per heavy atom. The van der Waals surface area contributed by atoms with Gasteiger partial charge in [0, 0.05) is 24.7 Å². The molecule has 2 aromatic rings. The molecule has 0 aliphatic carbocycles. The minimum atomic E-state index is -3.82. The summed E-state index contributed by atoms with van der Waals surface area (Å²) in [5.41, 5.74) is 1.40. The molecule has 7 nitrogen and oxygen atoms in total. The maximum atomic E-state index is 13.2. The second-order valence-electron chi connectivity index (χ2n) is 6.39. The molecule has 1 aromatic carbocycles. The molecule has 0 bridgehead atoms. The van der Waals surface area contributed by atoms with Gasteiger partial charge in [0.1, 0.15) is 4.90 Å². The largest absolute Gasteiger partial charge is 0.377 e. The van der Waals surface area contributed by atoms with Crippen molar-refractivity contribution in [2.24, 2.45) is 0 Å². The predicted molar refractivity (Wildman–Crippen MR) is 91.6 cm³/mol. The average Bonchev–Trinajstić information content (AvgIpc) is 2.62. The van der Waals surface area contributed by atoms with Crippen LogP contribution in [0.3, 0.4) is 0 Å². The Labute approximate surface area is 146 Å². The summed E-state index contributed by atoms with van der Waals surface area (Å²) in [7, 11) is -3.82. The topological polar surface area (TPSA) is 79.8 Å². The van der Waals surface area contributed by atoms with Crippen LogP contribution in [0.15, 0.2) is 35.4 Å². The van der Waals surface area contributed by atoms with E-state index < -0.39 is 10.0 Å². The van der Waals surface area contributed by atoms with E-state index in [2.05, 4.69) is 4.98 Å². The molecule has 1 aromatic heterocycles. The van der Waals surface area contributed by atoms with Gasteiger partial charge in [-0.2, -0.15) is 4.31 Å². The van der Waals surface area contributed by atoms with Crippen molar-refractivity contribution < 1.29 is 17.9 Å². The Kier molecular flexibility index (Phi) is 3.98. The summed E-state index contributed by atoms with van der Waals surface area (Å²) in [6.45, 7) is 3.41. The number of fused-ring (bicyclic) bond motifs is 2. The van der Waals surface area contributed by atoms with Gasteiger partial charge < -0.3 is 9.64 Å². The van der Waals surface area contributed by atoms with E-state index in [4.69, 9.17) is 4.74 Å². The fourth-order valence-electron chi connectivity index (χ4n) is 3.50. The van der Waals surface area contributed by atoms with Crippen molar-refractivity contribution in [1.82, 2.24) is 14.2 Å². The Bertz CT molecular complexity index is 944. The number of hydrogen-bond acceptors (Lipinski definition) is 5.